The molecule has 128 valence electrons. The number of carbonyl (C=O) groups excluding carboxylic acids is 1. The maximum absolute atomic E-state index is 11.6. The van der Waals surface area contributed by atoms with Gasteiger partial charge in [-0.05, 0) is 46.2 Å². The Hall–Kier alpha value is -1.30. The highest BCUT2D eigenvalue weighted by Gasteiger charge is 2.27. The van der Waals surface area contributed by atoms with E-state index in [1.54, 1.807) is 7.05 Å². The summed E-state index contributed by atoms with van der Waals surface area (Å²) in [6.45, 7) is 10.7. The molecule has 1 rings (SSSR count). The first-order valence-corrected chi connectivity index (χ1v) is 8.46. The summed E-state index contributed by atoms with van der Waals surface area (Å²) in [6, 6.07) is 0. The number of hydrogen-bond donors (Lipinski definition) is 3. The number of guanidine groups is 1. The van der Waals surface area contributed by atoms with Crippen LogP contribution in [0.5, 0.6) is 0 Å². The lowest BCUT2D eigenvalue weighted by molar-refractivity contribution is -0.120. The quantitative estimate of drug-likeness (QED) is 0.483. The molecule has 0 aliphatic carbocycles. The predicted octanol–water partition coefficient (Wildman–Crippen LogP) is 0.942. The molecule has 1 aliphatic rings. The summed E-state index contributed by atoms with van der Waals surface area (Å²) < 4.78 is 0. The third-order valence-corrected chi connectivity index (χ3v) is 4.11. The van der Waals surface area contributed by atoms with E-state index in [-0.39, 0.29) is 18.0 Å². The highest BCUT2D eigenvalue weighted by atomic mass is 16.1. The number of aliphatic imine (C=N–C) groups is 1. The molecule has 0 atom stereocenters. The summed E-state index contributed by atoms with van der Waals surface area (Å²) in [5, 5.41) is 9.24. The zero-order valence-corrected chi connectivity index (χ0v) is 14.7. The Kier molecular flexibility index (Phi) is 8.24. The fourth-order valence-electron chi connectivity index (χ4n) is 2.62. The topological polar surface area (TPSA) is 68.8 Å². The molecule has 0 unspecified atom stereocenters. The number of nitrogens with zero attached hydrogens (tertiary/aromatic N) is 2. The minimum atomic E-state index is 0.0000840. The van der Waals surface area contributed by atoms with Gasteiger partial charge in [0.2, 0.25) is 5.91 Å². The van der Waals surface area contributed by atoms with Gasteiger partial charge in [-0.2, -0.15) is 0 Å². The third-order valence-electron chi connectivity index (χ3n) is 4.11. The highest BCUT2D eigenvalue weighted by Crippen LogP contribution is 2.19. The minimum Gasteiger partial charge on any atom is -0.355 e. The van der Waals surface area contributed by atoms with Gasteiger partial charge in [0.05, 0.1) is 6.54 Å². The molecule has 0 spiro atoms. The van der Waals surface area contributed by atoms with E-state index in [1.807, 2.05) is 6.92 Å². The van der Waals surface area contributed by atoms with E-state index in [2.05, 4.69) is 39.7 Å². The fourth-order valence-corrected chi connectivity index (χ4v) is 2.62. The van der Waals surface area contributed by atoms with Crippen molar-refractivity contribution in [3.8, 4) is 0 Å². The van der Waals surface area contributed by atoms with Gasteiger partial charge >= 0.3 is 0 Å². The summed E-state index contributed by atoms with van der Waals surface area (Å²) in [7, 11) is 1.73. The molecule has 0 aromatic rings. The average Bonchev–Trinajstić information content (AvgIpc) is 2.53. The lowest BCUT2D eigenvalue weighted by Gasteiger charge is -2.41. The Morgan fingerprint density at radius 3 is 2.41 bits per heavy atom. The van der Waals surface area contributed by atoms with Crippen molar-refractivity contribution in [1.82, 2.24) is 20.9 Å². The molecule has 6 nitrogen and oxygen atoms in total. The van der Waals surface area contributed by atoms with Crippen molar-refractivity contribution >= 4 is 11.9 Å². The maximum atomic E-state index is 11.6. The molecule has 6 heteroatoms. The van der Waals surface area contributed by atoms with Crippen molar-refractivity contribution < 1.29 is 4.79 Å². The second-order valence-corrected chi connectivity index (χ2v) is 6.49. The van der Waals surface area contributed by atoms with Crippen molar-refractivity contribution in [1.29, 1.82) is 0 Å². The van der Waals surface area contributed by atoms with Gasteiger partial charge in [-0.15, -0.1) is 0 Å². The van der Waals surface area contributed by atoms with E-state index >= 15 is 0 Å². The fraction of sp³-hybridized carbons (Fsp3) is 0.875. The summed E-state index contributed by atoms with van der Waals surface area (Å²) in [6.07, 6.45) is 4.86. The summed E-state index contributed by atoms with van der Waals surface area (Å²) in [4.78, 5) is 18.3. The SMILES string of the molecule is CCCNC(=O)CNC(=NC)NCC(C)(C)N1CCCCC1. The van der Waals surface area contributed by atoms with Crippen molar-refractivity contribution in [3.05, 3.63) is 0 Å². The van der Waals surface area contributed by atoms with Crippen LogP contribution in [0.25, 0.3) is 0 Å². The van der Waals surface area contributed by atoms with Crippen molar-refractivity contribution in [3.63, 3.8) is 0 Å². The van der Waals surface area contributed by atoms with E-state index in [0.29, 0.717) is 12.5 Å². The van der Waals surface area contributed by atoms with E-state index in [9.17, 15) is 4.79 Å². The van der Waals surface area contributed by atoms with E-state index in [1.165, 1.54) is 32.4 Å². The van der Waals surface area contributed by atoms with Crippen LogP contribution in [0, 0.1) is 0 Å². The number of amides is 1. The van der Waals surface area contributed by atoms with E-state index in [4.69, 9.17) is 0 Å². The average molecular weight is 311 g/mol. The summed E-state index contributed by atoms with van der Waals surface area (Å²) in [5.74, 6) is 0.678. The lowest BCUT2D eigenvalue weighted by atomic mass is 9.98. The van der Waals surface area contributed by atoms with Crippen LogP contribution in [0.2, 0.25) is 0 Å². The number of carbonyl (C=O) groups is 1. The van der Waals surface area contributed by atoms with Crippen LogP contribution in [0.1, 0.15) is 46.5 Å². The number of nitrogens with one attached hydrogen (secondary N) is 3. The zero-order valence-electron chi connectivity index (χ0n) is 14.7. The molecule has 22 heavy (non-hydrogen) atoms. The van der Waals surface area contributed by atoms with Crippen molar-refractivity contribution in [2.24, 2.45) is 4.99 Å². The Morgan fingerprint density at radius 2 is 1.82 bits per heavy atom. The Balaban J connectivity index is 2.34. The van der Waals surface area contributed by atoms with Crippen LogP contribution in [-0.4, -0.2) is 62.1 Å². The first kappa shape index (κ1) is 18.7. The maximum Gasteiger partial charge on any atom is 0.239 e. The number of hydrogen-bond acceptors (Lipinski definition) is 3. The normalized spacial score (nSPS) is 17.2. The van der Waals surface area contributed by atoms with Crippen LogP contribution in [0.4, 0.5) is 0 Å². The molecule has 0 aromatic carbocycles. The number of piperidine rings is 1. The second-order valence-electron chi connectivity index (χ2n) is 6.49. The van der Waals surface area contributed by atoms with Crippen LogP contribution < -0.4 is 16.0 Å². The first-order chi connectivity index (χ1) is 10.5. The van der Waals surface area contributed by atoms with Gasteiger partial charge in [-0.25, -0.2) is 0 Å². The Morgan fingerprint density at radius 1 is 1.14 bits per heavy atom. The largest absolute Gasteiger partial charge is 0.355 e. The Labute approximate surface area is 135 Å². The molecule has 0 aromatic heterocycles. The molecule has 0 bridgehead atoms. The third kappa shape index (κ3) is 6.64. The molecule has 3 N–H and O–H groups in total. The van der Waals surface area contributed by atoms with E-state index < -0.39 is 0 Å². The molecular weight excluding hydrogens is 278 g/mol. The molecule has 1 fully saturated rings. The minimum absolute atomic E-state index is 0.0000840. The second kappa shape index (κ2) is 9.66. The van der Waals surface area contributed by atoms with Crippen LogP contribution in [-0.2, 0) is 4.79 Å². The number of likely N-dealkylation sites (tertiary alicyclic amines) is 1. The molecular formula is C16H33N5O. The van der Waals surface area contributed by atoms with Crippen LogP contribution in [0.3, 0.4) is 0 Å². The highest BCUT2D eigenvalue weighted by molar-refractivity contribution is 5.86. The van der Waals surface area contributed by atoms with Gasteiger partial charge < -0.3 is 16.0 Å². The summed E-state index contributed by atoms with van der Waals surface area (Å²) >= 11 is 0. The van der Waals surface area contributed by atoms with Crippen molar-refractivity contribution in [2.75, 3.05) is 39.8 Å². The van der Waals surface area contributed by atoms with Crippen LogP contribution in [0.15, 0.2) is 4.99 Å². The predicted molar refractivity (Wildman–Crippen MR) is 92.2 cm³/mol. The zero-order chi connectivity index (χ0) is 16.4. The van der Waals surface area contributed by atoms with Gasteiger partial charge in [0.25, 0.3) is 0 Å². The smallest absolute Gasteiger partial charge is 0.239 e. The molecule has 0 saturated carbocycles. The van der Waals surface area contributed by atoms with Gasteiger partial charge in [0.1, 0.15) is 0 Å². The van der Waals surface area contributed by atoms with Gasteiger partial charge in [-0.3, -0.25) is 14.7 Å². The van der Waals surface area contributed by atoms with Crippen molar-refractivity contribution in [2.45, 2.75) is 52.0 Å². The monoisotopic (exact) mass is 311 g/mol. The number of rotatable bonds is 7. The van der Waals surface area contributed by atoms with Gasteiger partial charge in [0.15, 0.2) is 5.96 Å². The lowest BCUT2D eigenvalue weighted by Crippen LogP contribution is -2.55. The molecule has 1 saturated heterocycles. The molecule has 1 amide bonds. The van der Waals surface area contributed by atoms with Gasteiger partial charge in [0, 0.05) is 25.7 Å². The molecule has 1 aliphatic heterocycles. The van der Waals surface area contributed by atoms with Gasteiger partial charge in [-0.1, -0.05) is 13.3 Å². The standard InChI is InChI=1S/C16H33N5O/c1-5-9-18-14(22)12-19-15(17-4)20-13-16(2,3)21-10-7-6-8-11-21/h5-13H2,1-4H3,(H,18,22)(H2,17,19,20). The molecule has 0 radical (unpaired) electrons. The first-order valence-electron chi connectivity index (χ1n) is 8.46. The van der Waals surface area contributed by atoms with E-state index in [0.717, 1.165) is 13.0 Å². The Bertz CT molecular complexity index is 362. The molecule has 1 heterocycles. The summed E-state index contributed by atoms with van der Waals surface area (Å²) in [5.41, 5.74) is 0.0858. The van der Waals surface area contributed by atoms with Crippen LogP contribution >= 0.6 is 0 Å².